The van der Waals surface area contributed by atoms with Crippen LogP contribution in [0.25, 0.3) is 0 Å². The van der Waals surface area contributed by atoms with Gasteiger partial charge in [-0.15, -0.1) is 0 Å². The summed E-state index contributed by atoms with van der Waals surface area (Å²) in [6, 6.07) is 1.58. The molecule has 1 heterocycles. The topological polar surface area (TPSA) is 70.9 Å². The normalized spacial score (nSPS) is 12.5. The van der Waals surface area contributed by atoms with Gasteiger partial charge in [0.1, 0.15) is 5.69 Å². The Balaban J connectivity index is 2.43. The maximum Gasteiger partial charge on any atom is 0.267 e. The Hall–Kier alpha value is -1.00. The molecule has 0 aromatic carbocycles. The lowest BCUT2D eigenvalue weighted by atomic mass is 10.2. The molecule has 1 amide bonds. The number of hydrogen-bond acceptors (Lipinski definition) is 2. The van der Waals surface area contributed by atoms with Gasteiger partial charge < -0.3 is 16.0 Å². The van der Waals surface area contributed by atoms with Crippen LogP contribution >= 0.6 is 11.6 Å². The summed E-state index contributed by atoms with van der Waals surface area (Å²) < 4.78 is 0. The molecule has 0 saturated heterocycles. The fourth-order valence-corrected chi connectivity index (χ4v) is 1.13. The van der Waals surface area contributed by atoms with Crippen LogP contribution in [-0.4, -0.2) is 23.5 Å². The highest BCUT2D eigenvalue weighted by Crippen LogP contribution is 2.08. The van der Waals surface area contributed by atoms with Crippen molar-refractivity contribution in [2.45, 2.75) is 19.4 Å². The van der Waals surface area contributed by atoms with E-state index in [9.17, 15) is 4.79 Å². The van der Waals surface area contributed by atoms with E-state index >= 15 is 0 Å². The van der Waals surface area contributed by atoms with Gasteiger partial charge in [-0.05, 0) is 12.5 Å². The lowest BCUT2D eigenvalue weighted by Gasteiger charge is -2.09. The second kappa shape index (κ2) is 5.02. The molecule has 1 aromatic rings. The average Bonchev–Trinajstić information content (AvgIpc) is 2.60. The van der Waals surface area contributed by atoms with Crippen molar-refractivity contribution >= 4 is 17.5 Å². The predicted octanol–water partition coefficient (Wildman–Crippen LogP) is 1.14. The first-order valence-electron chi connectivity index (χ1n) is 4.51. The predicted molar refractivity (Wildman–Crippen MR) is 56.4 cm³/mol. The van der Waals surface area contributed by atoms with E-state index in [0.717, 1.165) is 6.42 Å². The van der Waals surface area contributed by atoms with Gasteiger partial charge in [-0.25, -0.2) is 0 Å². The van der Waals surface area contributed by atoms with E-state index in [0.29, 0.717) is 17.3 Å². The Bertz CT molecular complexity index is 311. The maximum absolute atomic E-state index is 11.4. The van der Waals surface area contributed by atoms with Crippen molar-refractivity contribution in [3.8, 4) is 0 Å². The third-order valence-corrected chi connectivity index (χ3v) is 2.16. The zero-order valence-electron chi connectivity index (χ0n) is 8.01. The zero-order valence-corrected chi connectivity index (χ0v) is 8.77. The summed E-state index contributed by atoms with van der Waals surface area (Å²) in [5, 5.41) is 3.23. The van der Waals surface area contributed by atoms with Crippen LogP contribution in [0.4, 0.5) is 0 Å². The summed E-state index contributed by atoms with van der Waals surface area (Å²) >= 11 is 5.66. The minimum atomic E-state index is -0.180. The summed E-state index contributed by atoms with van der Waals surface area (Å²) in [5.41, 5.74) is 6.11. The molecule has 0 radical (unpaired) electrons. The van der Waals surface area contributed by atoms with Gasteiger partial charge in [0.2, 0.25) is 0 Å². The van der Waals surface area contributed by atoms with Gasteiger partial charge in [0.15, 0.2) is 0 Å². The molecule has 5 heteroatoms. The molecule has 0 fully saturated rings. The molecule has 4 nitrogen and oxygen atoms in total. The summed E-state index contributed by atoms with van der Waals surface area (Å²) in [7, 11) is 0. The van der Waals surface area contributed by atoms with Crippen molar-refractivity contribution in [1.82, 2.24) is 10.3 Å². The second-order valence-corrected chi connectivity index (χ2v) is 3.55. The van der Waals surface area contributed by atoms with Gasteiger partial charge in [0, 0.05) is 18.8 Å². The first kappa shape index (κ1) is 11.1. The Morgan fingerprint density at radius 1 is 1.79 bits per heavy atom. The van der Waals surface area contributed by atoms with E-state index in [1.807, 2.05) is 6.92 Å². The van der Waals surface area contributed by atoms with Gasteiger partial charge in [0.25, 0.3) is 5.91 Å². The van der Waals surface area contributed by atoms with E-state index in [1.54, 1.807) is 12.3 Å². The second-order valence-electron chi connectivity index (χ2n) is 3.11. The van der Waals surface area contributed by atoms with Gasteiger partial charge in [-0.3, -0.25) is 4.79 Å². The van der Waals surface area contributed by atoms with Gasteiger partial charge in [-0.1, -0.05) is 18.5 Å². The average molecular weight is 216 g/mol. The minimum absolute atomic E-state index is 0.00406. The molecule has 4 N–H and O–H groups in total. The number of aromatic nitrogens is 1. The summed E-state index contributed by atoms with van der Waals surface area (Å²) in [4.78, 5) is 14.2. The number of carbonyl (C=O) groups is 1. The van der Waals surface area contributed by atoms with Crippen LogP contribution in [0.1, 0.15) is 23.8 Å². The number of nitrogens with one attached hydrogen (secondary N) is 2. The molecular formula is C9H14ClN3O. The van der Waals surface area contributed by atoms with Crippen molar-refractivity contribution in [2.75, 3.05) is 6.54 Å². The lowest BCUT2D eigenvalue weighted by Crippen LogP contribution is -2.36. The SMILES string of the molecule is CCC(N)CNC(=O)c1cc(Cl)c[nH]1. The maximum atomic E-state index is 11.4. The summed E-state index contributed by atoms with van der Waals surface area (Å²) in [6.45, 7) is 2.45. The highest BCUT2D eigenvalue weighted by molar-refractivity contribution is 6.30. The van der Waals surface area contributed by atoms with Gasteiger partial charge in [-0.2, -0.15) is 0 Å². The zero-order chi connectivity index (χ0) is 10.6. The molecule has 1 aromatic heterocycles. The number of nitrogens with two attached hydrogens (primary N) is 1. The van der Waals surface area contributed by atoms with E-state index in [1.165, 1.54) is 0 Å². The third-order valence-electron chi connectivity index (χ3n) is 1.94. The van der Waals surface area contributed by atoms with E-state index < -0.39 is 0 Å². The molecule has 0 spiro atoms. The first-order chi connectivity index (χ1) is 6.63. The number of rotatable bonds is 4. The van der Waals surface area contributed by atoms with Crippen LogP contribution in [0.5, 0.6) is 0 Å². The number of aromatic amines is 1. The molecule has 0 aliphatic rings. The highest BCUT2D eigenvalue weighted by Gasteiger charge is 2.08. The monoisotopic (exact) mass is 215 g/mol. The number of carbonyl (C=O) groups excluding carboxylic acids is 1. The van der Waals surface area contributed by atoms with Gasteiger partial charge >= 0.3 is 0 Å². The molecule has 0 bridgehead atoms. The lowest BCUT2D eigenvalue weighted by molar-refractivity contribution is 0.0946. The molecule has 1 rings (SSSR count). The largest absolute Gasteiger partial charge is 0.356 e. The molecule has 78 valence electrons. The quantitative estimate of drug-likeness (QED) is 0.705. The standard InChI is InChI=1S/C9H14ClN3O/c1-2-7(11)5-13-9(14)8-3-6(10)4-12-8/h3-4,7,12H,2,5,11H2,1H3,(H,13,14). The molecular weight excluding hydrogens is 202 g/mol. The van der Waals surface area contributed by atoms with Crippen LogP contribution in [0.3, 0.4) is 0 Å². The van der Waals surface area contributed by atoms with Crippen LogP contribution in [0.2, 0.25) is 5.02 Å². The molecule has 14 heavy (non-hydrogen) atoms. The van der Waals surface area contributed by atoms with E-state index in [-0.39, 0.29) is 11.9 Å². The fraction of sp³-hybridized carbons (Fsp3) is 0.444. The Morgan fingerprint density at radius 2 is 2.50 bits per heavy atom. The van der Waals surface area contributed by atoms with Crippen LogP contribution in [0.15, 0.2) is 12.3 Å². The minimum Gasteiger partial charge on any atom is -0.356 e. The van der Waals surface area contributed by atoms with Crippen molar-refractivity contribution in [3.63, 3.8) is 0 Å². The van der Waals surface area contributed by atoms with E-state index in [4.69, 9.17) is 17.3 Å². The van der Waals surface area contributed by atoms with Crippen LogP contribution in [0, 0.1) is 0 Å². The Labute approximate surface area is 87.8 Å². The van der Waals surface area contributed by atoms with Crippen molar-refractivity contribution in [3.05, 3.63) is 23.0 Å². The molecule has 0 saturated carbocycles. The molecule has 1 atom stereocenters. The highest BCUT2D eigenvalue weighted by atomic mass is 35.5. The van der Waals surface area contributed by atoms with Gasteiger partial charge in [0.05, 0.1) is 5.02 Å². The van der Waals surface area contributed by atoms with E-state index in [2.05, 4.69) is 10.3 Å². The smallest absolute Gasteiger partial charge is 0.267 e. The number of H-pyrrole nitrogens is 1. The molecule has 0 aliphatic carbocycles. The first-order valence-corrected chi connectivity index (χ1v) is 4.89. The van der Waals surface area contributed by atoms with Crippen molar-refractivity contribution in [1.29, 1.82) is 0 Å². The Morgan fingerprint density at radius 3 is 3.00 bits per heavy atom. The van der Waals surface area contributed by atoms with Crippen molar-refractivity contribution in [2.24, 2.45) is 5.73 Å². The Kier molecular flexibility index (Phi) is 3.98. The number of amides is 1. The third kappa shape index (κ3) is 3.05. The molecule has 1 unspecified atom stereocenters. The number of halogens is 1. The fourth-order valence-electron chi connectivity index (χ4n) is 0.962. The summed E-state index contributed by atoms with van der Waals surface area (Å²) in [6.07, 6.45) is 2.40. The molecule has 0 aliphatic heterocycles. The summed E-state index contributed by atoms with van der Waals surface area (Å²) in [5.74, 6) is -0.180. The number of hydrogen-bond donors (Lipinski definition) is 3. The van der Waals surface area contributed by atoms with Crippen LogP contribution in [-0.2, 0) is 0 Å². The van der Waals surface area contributed by atoms with Crippen molar-refractivity contribution < 1.29 is 4.79 Å². The van der Waals surface area contributed by atoms with Crippen LogP contribution < -0.4 is 11.1 Å².